The third-order valence-electron chi connectivity index (χ3n) is 4.56. The van der Waals surface area contributed by atoms with Crippen molar-refractivity contribution >= 4 is 28.5 Å². The van der Waals surface area contributed by atoms with Gasteiger partial charge in [-0.2, -0.15) is 0 Å². The summed E-state index contributed by atoms with van der Waals surface area (Å²) < 4.78 is 15.6. The van der Waals surface area contributed by atoms with Crippen molar-refractivity contribution in [2.75, 3.05) is 14.2 Å². The Balaban J connectivity index is 1.85. The van der Waals surface area contributed by atoms with Crippen molar-refractivity contribution in [3.8, 4) is 11.5 Å². The van der Waals surface area contributed by atoms with Gasteiger partial charge in [-0.25, -0.2) is 4.79 Å². The van der Waals surface area contributed by atoms with Gasteiger partial charge in [-0.1, -0.05) is 30.3 Å². The van der Waals surface area contributed by atoms with Crippen LogP contribution in [0.4, 0.5) is 0 Å². The fourth-order valence-corrected chi connectivity index (χ4v) is 3.05. The number of ketones is 1. The van der Waals surface area contributed by atoms with Crippen LogP contribution in [-0.4, -0.2) is 37.0 Å². The van der Waals surface area contributed by atoms with Gasteiger partial charge in [0.05, 0.1) is 19.8 Å². The van der Waals surface area contributed by atoms with Crippen LogP contribution in [0.5, 0.6) is 11.5 Å². The number of hydrogen-bond acceptors (Lipinski definition) is 6. The molecule has 0 aromatic heterocycles. The largest absolute Gasteiger partial charge is 0.496 e. The molecule has 0 aliphatic heterocycles. The van der Waals surface area contributed by atoms with Crippen molar-refractivity contribution in [1.29, 1.82) is 0 Å². The predicted octanol–water partition coefficient (Wildman–Crippen LogP) is 3.87. The predicted molar refractivity (Wildman–Crippen MR) is 109 cm³/mol. The van der Waals surface area contributed by atoms with Crippen molar-refractivity contribution in [2.45, 2.75) is 13.0 Å². The van der Waals surface area contributed by atoms with Gasteiger partial charge in [-0.05, 0) is 40.6 Å². The molecule has 0 saturated carbocycles. The molecular formula is C23H20O7. The lowest BCUT2D eigenvalue weighted by atomic mass is 9.99. The number of ether oxygens (including phenoxy) is 3. The Bertz CT molecular complexity index is 1100. The minimum absolute atomic E-state index is 0.0316. The molecule has 0 atom stereocenters. The molecule has 0 aliphatic carbocycles. The minimum atomic E-state index is -1.15. The summed E-state index contributed by atoms with van der Waals surface area (Å²) in [5, 5.41) is 10.5. The molecule has 7 nitrogen and oxygen atoms in total. The van der Waals surface area contributed by atoms with Crippen LogP contribution in [0.1, 0.15) is 32.7 Å². The summed E-state index contributed by atoms with van der Waals surface area (Å²) in [6.07, 6.45) is -0.462. The number of carbonyl (C=O) groups excluding carboxylic acids is 2. The van der Waals surface area contributed by atoms with E-state index in [9.17, 15) is 19.5 Å². The number of methoxy groups -OCH3 is 2. The molecule has 1 N–H and O–H groups in total. The fraction of sp³-hybridized carbons (Fsp3) is 0.174. The van der Waals surface area contributed by atoms with Crippen LogP contribution in [0, 0.1) is 0 Å². The van der Waals surface area contributed by atoms with Crippen molar-refractivity contribution in [1.82, 2.24) is 0 Å². The second kappa shape index (κ2) is 9.09. The second-order valence-electron chi connectivity index (χ2n) is 6.50. The Morgan fingerprint density at radius 1 is 0.833 bits per heavy atom. The molecule has 3 aromatic rings. The number of carboxylic acid groups (broad SMARTS) is 1. The molecule has 0 spiro atoms. The lowest BCUT2D eigenvalue weighted by Gasteiger charge is -2.12. The molecule has 0 saturated heterocycles. The standard InChI is InChI=1S/C23H20O7/c1-28-20-10-16-11-21(29-2)18(23(26)27)9-15(16)8-17(20)19(24)12-22(25)30-13-14-6-4-3-5-7-14/h3-11H,12-13H2,1-2H3,(H,26,27). The average Bonchev–Trinajstić information content (AvgIpc) is 2.76. The van der Waals surface area contributed by atoms with Crippen molar-refractivity contribution in [3.63, 3.8) is 0 Å². The zero-order chi connectivity index (χ0) is 21.7. The third kappa shape index (κ3) is 4.57. The lowest BCUT2D eigenvalue weighted by Crippen LogP contribution is -2.12. The van der Waals surface area contributed by atoms with Gasteiger partial charge >= 0.3 is 11.9 Å². The van der Waals surface area contributed by atoms with Crippen molar-refractivity contribution < 1.29 is 33.7 Å². The molecule has 30 heavy (non-hydrogen) atoms. The summed E-state index contributed by atoms with van der Waals surface area (Å²) >= 11 is 0. The minimum Gasteiger partial charge on any atom is -0.496 e. The maximum atomic E-state index is 12.7. The molecule has 0 heterocycles. The van der Waals surface area contributed by atoms with E-state index in [2.05, 4.69) is 0 Å². The fourth-order valence-electron chi connectivity index (χ4n) is 3.05. The summed E-state index contributed by atoms with van der Waals surface area (Å²) in [5.41, 5.74) is 0.954. The molecule has 154 valence electrons. The maximum absolute atomic E-state index is 12.7. The van der Waals surface area contributed by atoms with Crippen molar-refractivity contribution in [3.05, 3.63) is 71.3 Å². The van der Waals surface area contributed by atoms with Crippen LogP contribution >= 0.6 is 0 Å². The Kier molecular flexibility index (Phi) is 6.32. The molecule has 0 unspecified atom stereocenters. The molecule has 0 radical (unpaired) electrons. The normalized spacial score (nSPS) is 10.5. The Labute approximate surface area is 172 Å². The highest BCUT2D eigenvalue weighted by atomic mass is 16.5. The monoisotopic (exact) mass is 408 g/mol. The summed E-state index contributed by atoms with van der Waals surface area (Å²) in [6.45, 7) is 0.0730. The van der Waals surface area contributed by atoms with Crippen molar-refractivity contribution in [2.24, 2.45) is 0 Å². The average molecular weight is 408 g/mol. The number of carboxylic acids is 1. The van der Waals surface area contributed by atoms with Gasteiger partial charge in [0.25, 0.3) is 0 Å². The molecule has 0 bridgehead atoms. The van der Waals surface area contributed by atoms with Gasteiger partial charge in [0.15, 0.2) is 5.78 Å². The van der Waals surface area contributed by atoms with E-state index in [4.69, 9.17) is 14.2 Å². The van der Waals surface area contributed by atoms with Gasteiger partial charge in [0.2, 0.25) is 0 Å². The molecule has 3 aromatic carbocycles. The first-order valence-corrected chi connectivity index (χ1v) is 9.08. The highest BCUT2D eigenvalue weighted by Crippen LogP contribution is 2.32. The molecule has 3 rings (SSSR count). The zero-order valence-electron chi connectivity index (χ0n) is 16.5. The van der Waals surface area contributed by atoms with E-state index in [-0.39, 0.29) is 29.2 Å². The maximum Gasteiger partial charge on any atom is 0.339 e. The number of Topliss-reactive ketones (excluding diaryl/α,β-unsaturated/α-hetero) is 1. The number of hydrogen-bond donors (Lipinski definition) is 1. The summed E-state index contributed by atoms with van der Waals surface area (Å²) in [4.78, 5) is 36.3. The molecule has 0 fully saturated rings. The quantitative estimate of drug-likeness (QED) is 0.343. The zero-order valence-corrected chi connectivity index (χ0v) is 16.5. The van der Waals surface area contributed by atoms with Gasteiger partial charge in [0.1, 0.15) is 30.1 Å². The van der Waals surface area contributed by atoms with E-state index in [1.807, 2.05) is 30.3 Å². The van der Waals surface area contributed by atoms with Crippen LogP contribution in [0.25, 0.3) is 10.8 Å². The number of fused-ring (bicyclic) bond motifs is 1. The Morgan fingerprint density at radius 3 is 2.00 bits per heavy atom. The number of benzene rings is 3. The van der Waals surface area contributed by atoms with Crippen LogP contribution in [0.3, 0.4) is 0 Å². The lowest BCUT2D eigenvalue weighted by molar-refractivity contribution is -0.143. The Hall–Kier alpha value is -3.87. The van der Waals surface area contributed by atoms with E-state index in [1.54, 1.807) is 12.1 Å². The molecule has 0 aliphatic rings. The SMILES string of the molecule is COc1cc2cc(OC)c(C(=O)CC(=O)OCc3ccccc3)cc2cc1C(=O)O. The van der Waals surface area contributed by atoms with Crippen LogP contribution in [0.15, 0.2) is 54.6 Å². The van der Waals surface area contributed by atoms with Crippen LogP contribution < -0.4 is 9.47 Å². The van der Waals surface area contributed by atoms with Crippen LogP contribution in [-0.2, 0) is 16.1 Å². The smallest absolute Gasteiger partial charge is 0.339 e. The summed E-state index contributed by atoms with van der Waals surface area (Å²) in [6, 6.07) is 15.2. The number of carbonyl (C=O) groups is 3. The first-order valence-electron chi connectivity index (χ1n) is 9.08. The van der Waals surface area contributed by atoms with E-state index in [1.165, 1.54) is 26.4 Å². The van der Waals surface area contributed by atoms with Gasteiger partial charge in [0, 0.05) is 0 Å². The number of rotatable bonds is 8. The van der Waals surface area contributed by atoms with E-state index in [0.29, 0.717) is 10.8 Å². The highest BCUT2D eigenvalue weighted by molar-refractivity contribution is 6.10. The number of esters is 1. The van der Waals surface area contributed by atoms with Gasteiger partial charge < -0.3 is 19.3 Å². The second-order valence-corrected chi connectivity index (χ2v) is 6.50. The molecular weight excluding hydrogens is 388 g/mol. The first kappa shape index (κ1) is 20.9. The third-order valence-corrected chi connectivity index (χ3v) is 4.56. The topological polar surface area (TPSA) is 99.1 Å². The van der Waals surface area contributed by atoms with E-state index >= 15 is 0 Å². The van der Waals surface area contributed by atoms with Gasteiger partial charge in [-0.15, -0.1) is 0 Å². The van der Waals surface area contributed by atoms with Gasteiger partial charge in [-0.3, -0.25) is 9.59 Å². The molecule has 7 heteroatoms. The van der Waals surface area contributed by atoms with Crippen LogP contribution in [0.2, 0.25) is 0 Å². The summed E-state index contributed by atoms with van der Waals surface area (Å²) in [5.74, 6) is -1.83. The summed E-state index contributed by atoms with van der Waals surface area (Å²) in [7, 11) is 2.79. The van der Waals surface area contributed by atoms with E-state index < -0.39 is 24.1 Å². The van der Waals surface area contributed by atoms with E-state index in [0.717, 1.165) is 5.56 Å². The highest BCUT2D eigenvalue weighted by Gasteiger charge is 2.20. The number of aromatic carboxylic acids is 1. The first-order chi connectivity index (χ1) is 14.4. The molecule has 0 amide bonds. The Morgan fingerprint density at radius 2 is 1.40 bits per heavy atom.